The molecule has 0 bridgehead atoms. The fourth-order valence-corrected chi connectivity index (χ4v) is 2.09. The lowest BCUT2D eigenvalue weighted by Gasteiger charge is -1.99. The zero-order chi connectivity index (χ0) is 14.1. The molecule has 108 valence electrons. The van der Waals surface area contributed by atoms with Crippen molar-refractivity contribution in [2.24, 2.45) is 0 Å². The third-order valence-corrected chi connectivity index (χ3v) is 3.26. The Bertz CT molecular complexity index is 337. The van der Waals surface area contributed by atoms with Crippen molar-refractivity contribution in [1.82, 2.24) is 0 Å². The highest BCUT2D eigenvalue weighted by Gasteiger charge is 1.89. The van der Waals surface area contributed by atoms with Crippen LogP contribution in [0.15, 0.2) is 72.9 Å². The minimum Gasteiger partial charge on any atom is -0.0845 e. The Labute approximate surface area is 125 Å². The molecule has 0 saturated carbocycles. The first-order valence-electron chi connectivity index (χ1n) is 7.98. The first kappa shape index (κ1) is 16.5. The number of hydrogen-bond donors (Lipinski definition) is 0. The second-order valence-corrected chi connectivity index (χ2v) is 5.09. The highest BCUT2D eigenvalue weighted by atomic mass is 14.0. The van der Waals surface area contributed by atoms with Gasteiger partial charge in [-0.3, -0.25) is 0 Å². The van der Waals surface area contributed by atoms with Crippen molar-refractivity contribution < 1.29 is 0 Å². The molecule has 0 aliphatic heterocycles. The van der Waals surface area contributed by atoms with E-state index in [-0.39, 0.29) is 0 Å². The van der Waals surface area contributed by atoms with Gasteiger partial charge in [-0.05, 0) is 25.7 Å². The summed E-state index contributed by atoms with van der Waals surface area (Å²) in [6, 6.07) is 0. The molecular weight excluding hydrogens is 240 g/mol. The molecule has 0 radical (unpaired) electrons. The van der Waals surface area contributed by atoms with Crippen LogP contribution in [0, 0.1) is 0 Å². The van der Waals surface area contributed by atoms with E-state index in [1.54, 1.807) is 0 Å². The average molecular weight is 268 g/mol. The Balaban J connectivity index is 2.38. The normalized spacial score (nSPS) is 27.2. The van der Waals surface area contributed by atoms with Crippen LogP contribution in [0.25, 0.3) is 0 Å². The molecular formula is C20H28. The molecule has 0 atom stereocenters. The molecule has 0 heterocycles. The van der Waals surface area contributed by atoms with Crippen molar-refractivity contribution in [2.45, 2.75) is 51.4 Å². The molecule has 0 aromatic carbocycles. The highest BCUT2D eigenvalue weighted by Crippen LogP contribution is 2.09. The second-order valence-electron chi connectivity index (χ2n) is 5.09. The van der Waals surface area contributed by atoms with E-state index in [9.17, 15) is 0 Å². The van der Waals surface area contributed by atoms with E-state index >= 15 is 0 Å². The smallest absolute Gasteiger partial charge is 0.0348 e. The van der Waals surface area contributed by atoms with Gasteiger partial charge >= 0.3 is 0 Å². The minimum atomic E-state index is 1.21. The van der Waals surface area contributed by atoms with E-state index in [0.29, 0.717) is 0 Å². The zero-order valence-corrected chi connectivity index (χ0v) is 12.6. The fourth-order valence-electron chi connectivity index (χ4n) is 2.09. The molecule has 1 rings (SSSR count). The average Bonchev–Trinajstić information content (AvgIpc) is 2.46. The molecule has 0 aromatic heterocycles. The highest BCUT2D eigenvalue weighted by molar-refractivity contribution is 5.19. The third kappa shape index (κ3) is 11.5. The molecule has 0 unspecified atom stereocenters. The van der Waals surface area contributed by atoms with Gasteiger partial charge in [0.25, 0.3) is 0 Å². The predicted molar refractivity (Wildman–Crippen MR) is 91.8 cm³/mol. The Morgan fingerprint density at radius 1 is 0.300 bits per heavy atom. The molecule has 0 N–H and O–H groups in total. The molecule has 0 heteroatoms. The molecule has 0 amide bonds. The summed E-state index contributed by atoms with van der Waals surface area (Å²) in [5.41, 5.74) is 0. The zero-order valence-electron chi connectivity index (χ0n) is 12.6. The lowest BCUT2D eigenvalue weighted by molar-refractivity contribution is 0.600. The van der Waals surface area contributed by atoms with Crippen LogP contribution in [0.4, 0.5) is 0 Å². The van der Waals surface area contributed by atoms with Crippen molar-refractivity contribution in [1.29, 1.82) is 0 Å². The fraction of sp³-hybridized carbons (Fsp3) is 0.400. The number of hydrogen-bond acceptors (Lipinski definition) is 0. The summed E-state index contributed by atoms with van der Waals surface area (Å²) in [6.07, 6.45) is 36.0. The number of rotatable bonds is 0. The van der Waals surface area contributed by atoms with Crippen LogP contribution < -0.4 is 0 Å². The van der Waals surface area contributed by atoms with E-state index in [2.05, 4.69) is 72.9 Å². The lowest BCUT2D eigenvalue weighted by Crippen LogP contribution is -1.79. The Morgan fingerprint density at radius 2 is 0.600 bits per heavy atom. The van der Waals surface area contributed by atoms with Gasteiger partial charge in [0.05, 0.1) is 0 Å². The minimum absolute atomic E-state index is 1.21. The number of allylic oxidation sites excluding steroid dienone is 12. The van der Waals surface area contributed by atoms with Crippen LogP contribution in [0.2, 0.25) is 0 Å². The molecule has 20 heavy (non-hydrogen) atoms. The quantitative estimate of drug-likeness (QED) is 0.473. The maximum absolute atomic E-state index is 2.27. The lowest BCUT2D eigenvalue weighted by atomic mass is 10.1. The van der Waals surface area contributed by atoms with Crippen LogP contribution in [-0.2, 0) is 0 Å². The monoisotopic (exact) mass is 268 g/mol. The Kier molecular flexibility index (Phi) is 11.4. The van der Waals surface area contributed by atoms with Gasteiger partial charge in [0.1, 0.15) is 0 Å². The molecule has 1 aliphatic rings. The standard InChI is InChI=1S/C20H28/c1-2-4-6-8-10-12-14-16-18-20-19-17-15-13-11-9-7-5-3-1/h1-12H,13-20H2/b3-1-,4-2+,7-5+,8-6+,11-9?,12-10-. The van der Waals surface area contributed by atoms with Gasteiger partial charge in [0.15, 0.2) is 0 Å². The van der Waals surface area contributed by atoms with E-state index in [1.807, 2.05) is 0 Å². The molecule has 0 fully saturated rings. The summed E-state index contributed by atoms with van der Waals surface area (Å²) in [5.74, 6) is 0. The molecule has 0 spiro atoms. The van der Waals surface area contributed by atoms with E-state index in [4.69, 9.17) is 0 Å². The van der Waals surface area contributed by atoms with Crippen LogP contribution >= 0.6 is 0 Å². The first-order chi connectivity index (χ1) is 10.0. The summed E-state index contributed by atoms with van der Waals surface area (Å²) < 4.78 is 0. The van der Waals surface area contributed by atoms with E-state index in [0.717, 1.165) is 0 Å². The van der Waals surface area contributed by atoms with Gasteiger partial charge in [-0.25, -0.2) is 0 Å². The van der Waals surface area contributed by atoms with Crippen molar-refractivity contribution in [3.63, 3.8) is 0 Å². The molecule has 1 aliphatic carbocycles. The van der Waals surface area contributed by atoms with Crippen LogP contribution in [-0.4, -0.2) is 0 Å². The topological polar surface area (TPSA) is 0 Å². The van der Waals surface area contributed by atoms with Gasteiger partial charge in [-0.1, -0.05) is 98.6 Å². The Hall–Kier alpha value is -1.56. The van der Waals surface area contributed by atoms with Crippen LogP contribution in [0.3, 0.4) is 0 Å². The van der Waals surface area contributed by atoms with Crippen molar-refractivity contribution >= 4 is 0 Å². The van der Waals surface area contributed by atoms with E-state index < -0.39 is 0 Å². The van der Waals surface area contributed by atoms with Gasteiger partial charge < -0.3 is 0 Å². The van der Waals surface area contributed by atoms with Crippen LogP contribution in [0.1, 0.15) is 51.4 Å². The maximum atomic E-state index is 2.27. The summed E-state index contributed by atoms with van der Waals surface area (Å²) in [7, 11) is 0. The summed E-state index contributed by atoms with van der Waals surface area (Å²) in [4.78, 5) is 0. The largest absolute Gasteiger partial charge is 0.0845 e. The summed E-state index contributed by atoms with van der Waals surface area (Å²) >= 11 is 0. The van der Waals surface area contributed by atoms with E-state index in [1.165, 1.54) is 51.4 Å². The summed E-state index contributed by atoms with van der Waals surface area (Å²) in [6.45, 7) is 0. The van der Waals surface area contributed by atoms with Crippen LogP contribution in [0.5, 0.6) is 0 Å². The SMILES string of the molecule is C1=CCCCCCCCC\C=C/C=C/C=C/C=C\C=C\1. The van der Waals surface area contributed by atoms with Gasteiger partial charge in [-0.2, -0.15) is 0 Å². The van der Waals surface area contributed by atoms with Crippen molar-refractivity contribution in [2.75, 3.05) is 0 Å². The van der Waals surface area contributed by atoms with Gasteiger partial charge in [0.2, 0.25) is 0 Å². The van der Waals surface area contributed by atoms with Gasteiger partial charge in [-0.15, -0.1) is 0 Å². The first-order valence-corrected chi connectivity index (χ1v) is 7.98. The molecule has 0 nitrogen and oxygen atoms in total. The third-order valence-electron chi connectivity index (χ3n) is 3.26. The molecule has 0 aromatic rings. The van der Waals surface area contributed by atoms with Gasteiger partial charge in [0, 0.05) is 0 Å². The van der Waals surface area contributed by atoms with Crippen molar-refractivity contribution in [3.8, 4) is 0 Å². The second kappa shape index (κ2) is 13.9. The predicted octanol–water partition coefficient (Wildman–Crippen LogP) is 6.46. The van der Waals surface area contributed by atoms with Crippen molar-refractivity contribution in [3.05, 3.63) is 72.9 Å². The summed E-state index contributed by atoms with van der Waals surface area (Å²) in [5, 5.41) is 0. The maximum Gasteiger partial charge on any atom is -0.0348 e. The molecule has 0 saturated heterocycles. The Morgan fingerprint density at radius 3 is 1.00 bits per heavy atom.